The van der Waals surface area contributed by atoms with Gasteiger partial charge < -0.3 is 20.5 Å². The van der Waals surface area contributed by atoms with E-state index in [0.717, 1.165) is 17.4 Å². The van der Waals surface area contributed by atoms with Crippen LogP contribution in [-0.2, 0) is 16.1 Å². The monoisotopic (exact) mass is 488 g/mol. The molecule has 2 saturated carbocycles. The van der Waals surface area contributed by atoms with Gasteiger partial charge in [-0.1, -0.05) is 6.92 Å². The van der Waals surface area contributed by atoms with Crippen molar-refractivity contribution in [3.63, 3.8) is 0 Å². The van der Waals surface area contributed by atoms with Crippen LogP contribution in [0.15, 0.2) is 9.59 Å². The standard InChI is InChI=1S/C23H32N6O6/c1-22(11-28-20(33)26-19(32)23(28)8-9-35-12-23)6-4-14(5-7-22)29-18(31)15(16(24)25)17(30)27(21(29)34)10-13-2-3-13/h13-14,30H,2-12H2,1H3,(H3,24,25)(H,26,32,33)/t14?,22?,23-/m0/s1. The molecule has 0 aromatic carbocycles. The SMILES string of the molecule is CC1(CN2C(=O)NC(=O)[C@@]23CCOC3)CCC(n2c(=O)c(C(=N)N)c(O)n(CC3CC3)c2=O)CC1. The van der Waals surface area contributed by atoms with Crippen molar-refractivity contribution in [2.24, 2.45) is 17.1 Å². The van der Waals surface area contributed by atoms with Gasteiger partial charge in [-0.3, -0.25) is 29.4 Å². The predicted molar refractivity (Wildman–Crippen MR) is 124 cm³/mol. The number of rotatable bonds is 6. The van der Waals surface area contributed by atoms with Crippen LogP contribution in [0.5, 0.6) is 5.88 Å². The highest BCUT2D eigenvalue weighted by Crippen LogP contribution is 2.43. The van der Waals surface area contributed by atoms with Crippen LogP contribution in [0.25, 0.3) is 0 Å². The van der Waals surface area contributed by atoms with Gasteiger partial charge in [0.15, 0.2) is 0 Å². The molecular weight excluding hydrogens is 456 g/mol. The van der Waals surface area contributed by atoms with E-state index in [1.54, 1.807) is 4.90 Å². The molecule has 2 saturated heterocycles. The minimum absolute atomic E-state index is 0.181. The largest absolute Gasteiger partial charge is 0.494 e. The van der Waals surface area contributed by atoms with Crippen molar-refractivity contribution in [2.75, 3.05) is 19.8 Å². The van der Waals surface area contributed by atoms with Crippen molar-refractivity contribution in [2.45, 2.75) is 70.0 Å². The van der Waals surface area contributed by atoms with Crippen LogP contribution in [0.2, 0.25) is 0 Å². The van der Waals surface area contributed by atoms with Gasteiger partial charge in [0.1, 0.15) is 16.9 Å². The van der Waals surface area contributed by atoms with Gasteiger partial charge in [-0.15, -0.1) is 0 Å². The van der Waals surface area contributed by atoms with Gasteiger partial charge in [-0.2, -0.15) is 0 Å². The maximum absolute atomic E-state index is 13.3. The van der Waals surface area contributed by atoms with Gasteiger partial charge in [-0.25, -0.2) is 9.59 Å². The van der Waals surface area contributed by atoms with Gasteiger partial charge in [0, 0.05) is 32.2 Å². The fraction of sp³-hybridized carbons (Fsp3) is 0.696. The minimum atomic E-state index is -0.961. The molecular formula is C23H32N6O6. The first-order valence-corrected chi connectivity index (χ1v) is 12.2. The molecule has 12 nitrogen and oxygen atoms in total. The fourth-order valence-electron chi connectivity index (χ4n) is 5.80. The zero-order valence-corrected chi connectivity index (χ0v) is 19.8. The van der Waals surface area contributed by atoms with Gasteiger partial charge in [0.2, 0.25) is 5.88 Å². The number of nitrogens with zero attached hydrogens (tertiary/aromatic N) is 3. The van der Waals surface area contributed by atoms with Gasteiger partial charge >= 0.3 is 11.7 Å². The molecule has 1 aromatic heterocycles. The summed E-state index contributed by atoms with van der Waals surface area (Å²) in [5.41, 5.74) is 2.67. The zero-order chi connectivity index (χ0) is 25.1. The molecule has 0 radical (unpaired) electrons. The van der Waals surface area contributed by atoms with Crippen LogP contribution in [-0.4, -0.2) is 62.2 Å². The molecule has 0 bridgehead atoms. The van der Waals surface area contributed by atoms with Crippen LogP contribution < -0.4 is 22.3 Å². The van der Waals surface area contributed by atoms with E-state index in [1.165, 1.54) is 4.57 Å². The average molecular weight is 489 g/mol. The van der Waals surface area contributed by atoms with Crippen molar-refractivity contribution in [3.8, 4) is 5.88 Å². The number of carbonyl (C=O) groups excluding carboxylic acids is 2. The Labute approximate surface area is 201 Å². The number of carbonyl (C=O) groups is 2. The smallest absolute Gasteiger partial charge is 0.334 e. The third-order valence-electron chi connectivity index (χ3n) is 8.23. The van der Waals surface area contributed by atoms with Crippen molar-refractivity contribution in [1.82, 2.24) is 19.4 Å². The van der Waals surface area contributed by atoms with Crippen molar-refractivity contribution in [1.29, 1.82) is 5.41 Å². The van der Waals surface area contributed by atoms with E-state index >= 15 is 0 Å². The van der Waals surface area contributed by atoms with Crippen LogP contribution in [0.3, 0.4) is 0 Å². The van der Waals surface area contributed by atoms with Crippen LogP contribution in [0.4, 0.5) is 4.79 Å². The van der Waals surface area contributed by atoms with E-state index in [0.29, 0.717) is 45.3 Å². The van der Waals surface area contributed by atoms with E-state index in [9.17, 15) is 24.3 Å². The number of aromatic hydroxyl groups is 1. The number of imide groups is 1. The molecule has 5 N–H and O–H groups in total. The Bertz CT molecular complexity index is 1200. The molecule has 1 atom stereocenters. The lowest BCUT2D eigenvalue weighted by Crippen LogP contribution is -2.54. The van der Waals surface area contributed by atoms with E-state index in [4.69, 9.17) is 15.9 Å². The summed E-state index contributed by atoms with van der Waals surface area (Å²) in [6.07, 6.45) is 4.60. The maximum atomic E-state index is 13.3. The summed E-state index contributed by atoms with van der Waals surface area (Å²) in [7, 11) is 0. The van der Waals surface area contributed by atoms with E-state index in [-0.39, 0.29) is 36.0 Å². The first kappa shape index (κ1) is 23.6. The Kier molecular flexibility index (Phi) is 5.53. The molecule has 2 aliphatic carbocycles. The summed E-state index contributed by atoms with van der Waals surface area (Å²) in [6.45, 7) is 3.31. The summed E-state index contributed by atoms with van der Waals surface area (Å²) in [4.78, 5) is 53.2. The van der Waals surface area contributed by atoms with Crippen LogP contribution in [0, 0.1) is 16.7 Å². The number of ether oxygens (including phenoxy) is 1. The Hall–Kier alpha value is -3.15. The number of hydrogen-bond donors (Lipinski definition) is 4. The predicted octanol–water partition coefficient (Wildman–Crippen LogP) is 0.242. The number of nitrogen functional groups attached to an aromatic ring is 1. The molecule has 3 heterocycles. The fourth-order valence-corrected chi connectivity index (χ4v) is 5.80. The molecule has 2 aliphatic heterocycles. The van der Waals surface area contributed by atoms with Gasteiger partial charge in [-0.05, 0) is 49.9 Å². The second-order valence-corrected chi connectivity index (χ2v) is 10.8. The number of hydrogen-bond acceptors (Lipinski definition) is 7. The number of amidine groups is 1. The molecule has 0 unspecified atom stereocenters. The normalized spacial score (nSPS) is 30.8. The van der Waals surface area contributed by atoms with Crippen molar-refractivity contribution < 1.29 is 19.4 Å². The molecule has 1 spiro atoms. The lowest BCUT2D eigenvalue weighted by atomic mass is 9.73. The Morgan fingerprint density at radius 2 is 1.86 bits per heavy atom. The highest BCUT2D eigenvalue weighted by molar-refractivity contribution is 6.07. The summed E-state index contributed by atoms with van der Waals surface area (Å²) in [5, 5.41) is 20.8. The first-order chi connectivity index (χ1) is 16.6. The number of aromatic nitrogens is 2. The Balaban J connectivity index is 1.39. The van der Waals surface area contributed by atoms with Crippen molar-refractivity contribution >= 4 is 17.8 Å². The lowest BCUT2D eigenvalue weighted by molar-refractivity contribution is -0.127. The number of nitrogens with two attached hydrogens (primary N) is 1. The number of amides is 3. The topological polar surface area (TPSA) is 173 Å². The van der Waals surface area contributed by atoms with Crippen molar-refractivity contribution in [3.05, 3.63) is 26.4 Å². The molecule has 12 heteroatoms. The van der Waals surface area contributed by atoms with E-state index in [2.05, 4.69) is 12.2 Å². The molecule has 4 aliphatic rings. The summed E-state index contributed by atoms with van der Waals surface area (Å²) < 4.78 is 7.78. The molecule has 3 amide bonds. The second kappa shape index (κ2) is 8.21. The second-order valence-electron chi connectivity index (χ2n) is 10.8. The lowest BCUT2D eigenvalue weighted by Gasteiger charge is -2.42. The molecule has 35 heavy (non-hydrogen) atoms. The average Bonchev–Trinajstić information content (AvgIpc) is 3.43. The van der Waals surface area contributed by atoms with E-state index in [1.807, 2.05) is 0 Å². The molecule has 1 aromatic rings. The Morgan fingerprint density at radius 3 is 2.43 bits per heavy atom. The Morgan fingerprint density at radius 1 is 1.17 bits per heavy atom. The van der Waals surface area contributed by atoms with Crippen LogP contribution in [0.1, 0.15) is 63.5 Å². The third kappa shape index (κ3) is 3.83. The van der Waals surface area contributed by atoms with Crippen LogP contribution >= 0.6 is 0 Å². The number of nitrogens with one attached hydrogen (secondary N) is 2. The summed E-state index contributed by atoms with van der Waals surface area (Å²) >= 11 is 0. The number of urea groups is 1. The first-order valence-electron chi connectivity index (χ1n) is 12.2. The summed E-state index contributed by atoms with van der Waals surface area (Å²) in [6, 6.07) is -0.822. The third-order valence-corrected chi connectivity index (χ3v) is 8.23. The quantitative estimate of drug-likeness (QED) is 0.252. The summed E-state index contributed by atoms with van der Waals surface area (Å²) in [5.74, 6) is -1.16. The van der Waals surface area contributed by atoms with E-state index < -0.39 is 40.6 Å². The molecule has 4 fully saturated rings. The molecule has 5 rings (SSSR count). The minimum Gasteiger partial charge on any atom is -0.494 e. The molecule has 190 valence electrons. The van der Waals surface area contributed by atoms with Gasteiger partial charge in [0.25, 0.3) is 11.5 Å². The highest BCUT2D eigenvalue weighted by atomic mass is 16.5. The maximum Gasteiger partial charge on any atom is 0.334 e. The van der Waals surface area contributed by atoms with Gasteiger partial charge in [0.05, 0.1) is 6.61 Å². The highest BCUT2D eigenvalue weighted by Gasteiger charge is 2.56. The zero-order valence-electron chi connectivity index (χ0n) is 19.8.